The number of carbonyl (C=O) groups is 1. The Bertz CT molecular complexity index is 358. The minimum absolute atomic E-state index is 0.550. The van der Waals surface area contributed by atoms with Crippen molar-refractivity contribution in [3.8, 4) is 0 Å². The van der Waals surface area contributed by atoms with Gasteiger partial charge in [-0.15, -0.1) is 0 Å². The van der Waals surface area contributed by atoms with Gasteiger partial charge >= 0.3 is 5.97 Å². The van der Waals surface area contributed by atoms with Crippen molar-refractivity contribution in [2.75, 3.05) is 5.32 Å². The second-order valence-electron chi connectivity index (χ2n) is 3.73. The monoisotopic (exact) mass is 285 g/mol. The molecule has 0 unspecified atom stereocenters. The van der Waals surface area contributed by atoms with E-state index in [2.05, 4.69) is 21.2 Å². The van der Waals surface area contributed by atoms with Crippen molar-refractivity contribution in [2.24, 2.45) is 0 Å². The van der Waals surface area contributed by atoms with Crippen LogP contribution in [0.25, 0.3) is 0 Å². The summed E-state index contributed by atoms with van der Waals surface area (Å²) < 4.78 is 0.979. The minimum Gasteiger partial charge on any atom is -0.480 e. The van der Waals surface area contributed by atoms with E-state index in [1.165, 1.54) is 0 Å². The first-order chi connectivity index (χ1) is 7.54. The summed E-state index contributed by atoms with van der Waals surface area (Å²) in [6.07, 6.45) is 1.10. The van der Waals surface area contributed by atoms with Crippen molar-refractivity contribution in [1.82, 2.24) is 0 Å². The molecule has 0 spiro atoms. The Morgan fingerprint density at radius 1 is 1.31 bits per heavy atom. The summed E-state index contributed by atoms with van der Waals surface area (Å²) in [5, 5.41) is 12.4. The van der Waals surface area contributed by atoms with Crippen molar-refractivity contribution >= 4 is 27.6 Å². The van der Waals surface area contributed by atoms with Gasteiger partial charge in [0, 0.05) is 10.2 Å². The zero-order valence-electron chi connectivity index (χ0n) is 9.46. The normalized spacial score (nSPS) is 11.2. The van der Waals surface area contributed by atoms with Gasteiger partial charge in [0.1, 0.15) is 5.54 Å². The molecule has 2 N–H and O–H groups in total. The molecular formula is C12H16BrNO2. The fourth-order valence-corrected chi connectivity index (χ4v) is 1.86. The number of carboxylic acid groups (broad SMARTS) is 1. The Morgan fingerprint density at radius 2 is 1.81 bits per heavy atom. The third-order valence-electron chi connectivity index (χ3n) is 2.84. The maximum atomic E-state index is 11.3. The van der Waals surface area contributed by atoms with Gasteiger partial charge in [-0.25, -0.2) is 4.79 Å². The Hall–Kier alpha value is -1.03. The summed E-state index contributed by atoms with van der Waals surface area (Å²) in [5.41, 5.74) is -0.0392. The molecule has 4 heteroatoms. The molecule has 0 amide bonds. The lowest BCUT2D eigenvalue weighted by molar-refractivity contribution is -0.142. The largest absolute Gasteiger partial charge is 0.480 e. The number of halogens is 1. The van der Waals surface area contributed by atoms with Gasteiger partial charge in [0.05, 0.1) is 0 Å². The van der Waals surface area contributed by atoms with E-state index in [4.69, 9.17) is 0 Å². The number of hydrogen-bond donors (Lipinski definition) is 2. The molecule has 0 aliphatic rings. The molecule has 16 heavy (non-hydrogen) atoms. The average molecular weight is 286 g/mol. The number of carboxylic acids is 1. The van der Waals surface area contributed by atoms with Gasteiger partial charge in [0.2, 0.25) is 0 Å². The molecule has 0 aromatic heterocycles. The van der Waals surface area contributed by atoms with E-state index >= 15 is 0 Å². The predicted octanol–water partition coefficient (Wildman–Crippen LogP) is 3.50. The first-order valence-electron chi connectivity index (χ1n) is 5.31. The van der Waals surface area contributed by atoms with Crippen LogP contribution in [-0.4, -0.2) is 16.6 Å². The summed E-state index contributed by atoms with van der Waals surface area (Å²) in [6.45, 7) is 3.76. The van der Waals surface area contributed by atoms with Gasteiger partial charge in [-0.05, 0) is 37.1 Å². The third-order valence-corrected chi connectivity index (χ3v) is 3.37. The van der Waals surface area contributed by atoms with Crippen LogP contribution in [0.1, 0.15) is 26.7 Å². The minimum atomic E-state index is -0.867. The number of anilines is 1. The van der Waals surface area contributed by atoms with E-state index in [9.17, 15) is 9.90 Å². The number of hydrogen-bond acceptors (Lipinski definition) is 2. The van der Waals surface area contributed by atoms with Crippen LogP contribution in [0, 0.1) is 0 Å². The fourth-order valence-electron chi connectivity index (χ4n) is 1.59. The smallest absolute Gasteiger partial charge is 0.329 e. The molecule has 0 fully saturated rings. The maximum absolute atomic E-state index is 11.3. The molecule has 0 saturated carbocycles. The van der Waals surface area contributed by atoms with E-state index < -0.39 is 11.5 Å². The first kappa shape index (κ1) is 13.0. The van der Waals surface area contributed by atoms with Crippen LogP contribution in [0.2, 0.25) is 0 Å². The fraction of sp³-hybridized carbons (Fsp3) is 0.417. The molecule has 1 rings (SSSR count). The van der Waals surface area contributed by atoms with Crippen LogP contribution in [-0.2, 0) is 4.79 Å². The van der Waals surface area contributed by atoms with Crippen LogP contribution in [0.3, 0.4) is 0 Å². The third kappa shape index (κ3) is 2.76. The number of rotatable bonds is 5. The van der Waals surface area contributed by atoms with E-state index in [0.29, 0.717) is 12.8 Å². The number of benzene rings is 1. The van der Waals surface area contributed by atoms with E-state index in [1.807, 2.05) is 38.1 Å². The van der Waals surface area contributed by atoms with Crippen LogP contribution >= 0.6 is 15.9 Å². The van der Waals surface area contributed by atoms with Crippen molar-refractivity contribution in [3.63, 3.8) is 0 Å². The van der Waals surface area contributed by atoms with Crippen molar-refractivity contribution in [2.45, 2.75) is 32.2 Å². The van der Waals surface area contributed by atoms with Crippen molar-refractivity contribution in [3.05, 3.63) is 28.7 Å². The molecule has 0 saturated heterocycles. The Morgan fingerprint density at radius 3 is 2.19 bits per heavy atom. The molecule has 3 nitrogen and oxygen atoms in total. The predicted molar refractivity (Wildman–Crippen MR) is 68.7 cm³/mol. The summed E-state index contributed by atoms with van der Waals surface area (Å²) in [4.78, 5) is 11.3. The highest BCUT2D eigenvalue weighted by Gasteiger charge is 2.34. The summed E-state index contributed by atoms with van der Waals surface area (Å²) in [6, 6.07) is 7.51. The maximum Gasteiger partial charge on any atom is 0.329 e. The van der Waals surface area contributed by atoms with Crippen molar-refractivity contribution in [1.29, 1.82) is 0 Å². The lowest BCUT2D eigenvalue weighted by Gasteiger charge is -2.29. The highest BCUT2D eigenvalue weighted by atomic mass is 79.9. The lowest BCUT2D eigenvalue weighted by Crippen LogP contribution is -2.45. The standard InChI is InChI=1S/C12H16BrNO2/c1-3-12(4-2,11(15)16)14-10-7-5-9(13)6-8-10/h5-8,14H,3-4H2,1-2H3,(H,15,16). The molecule has 1 aromatic carbocycles. The molecule has 0 aliphatic carbocycles. The average Bonchev–Trinajstić information content (AvgIpc) is 2.28. The van der Waals surface area contributed by atoms with Crippen LogP contribution < -0.4 is 5.32 Å². The van der Waals surface area contributed by atoms with Gasteiger partial charge in [-0.1, -0.05) is 29.8 Å². The van der Waals surface area contributed by atoms with Crippen molar-refractivity contribution < 1.29 is 9.90 Å². The van der Waals surface area contributed by atoms with E-state index in [1.54, 1.807) is 0 Å². The highest BCUT2D eigenvalue weighted by molar-refractivity contribution is 9.10. The second kappa shape index (κ2) is 5.34. The van der Waals surface area contributed by atoms with Crippen LogP contribution in [0.15, 0.2) is 28.7 Å². The zero-order valence-corrected chi connectivity index (χ0v) is 11.0. The van der Waals surface area contributed by atoms with Gasteiger partial charge in [-0.3, -0.25) is 0 Å². The second-order valence-corrected chi connectivity index (χ2v) is 4.64. The first-order valence-corrected chi connectivity index (χ1v) is 6.10. The molecule has 0 radical (unpaired) electrons. The summed E-state index contributed by atoms with van der Waals surface area (Å²) in [7, 11) is 0. The van der Waals surface area contributed by atoms with Gasteiger partial charge in [0.15, 0.2) is 0 Å². The molecule has 88 valence electrons. The molecule has 0 atom stereocenters. The SMILES string of the molecule is CCC(CC)(Nc1ccc(Br)cc1)C(=O)O. The van der Waals surface area contributed by atoms with Crippen LogP contribution in [0.4, 0.5) is 5.69 Å². The summed E-state index contributed by atoms with van der Waals surface area (Å²) >= 11 is 3.34. The summed E-state index contributed by atoms with van der Waals surface area (Å²) in [5.74, 6) is -0.805. The number of nitrogens with one attached hydrogen (secondary N) is 1. The van der Waals surface area contributed by atoms with Gasteiger partial charge in [0.25, 0.3) is 0 Å². The van der Waals surface area contributed by atoms with E-state index in [0.717, 1.165) is 10.2 Å². The van der Waals surface area contributed by atoms with E-state index in [-0.39, 0.29) is 0 Å². The van der Waals surface area contributed by atoms with Crippen LogP contribution in [0.5, 0.6) is 0 Å². The molecule has 1 aromatic rings. The Kier molecular flexibility index (Phi) is 4.35. The lowest BCUT2D eigenvalue weighted by atomic mass is 9.92. The van der Waals surface area contributed by atoms with Gasteiger partial charge < -0.3 is 10.4 Å². The number of aliphatic carboxylic acids is 1. The zero-order chi connectivity index (χ0) is 12.2. The highest BCUT2D eigenvalue weighted by Crippen LogP contribution is 2.23. The molecule has 0 bridgehead atoms. The Labute approximate surface area is 104 Å². The van der Waals surface area contributed by atoms with Gasteiger partial charge in [-0.2, -0.15) is 0 Å². The Balaban J connectivity index is 2.91. The molecule has 0 heterocycles. The topological polar surface area (TPSA) is 49.3 Å². The molecular weight excluding hydrogens is 270 g/mol. The molecule has 0 aliphatic heterocycles. The quantitative estimate of drug-likeness (QED) is 0.871.